The predicted molar refractivity (Wildman–Crippen MR) is 117 cm³/mol. The van der Waals surface area contributed by atoms with Gasteiger partial charge in [0, 0.05) is 26.2 Å². The summed E-state index contributed by atoms with van der Waals surface area (Å²) in [5, 5.41) is 2.12. The summed E-state index contributed by atoms with van der Waals surface area (Å²) in [4.78, 5) is 14.4. The highest BCUT2D eigenvalue weighted by Gasteiger charge is 2.23. The van der Waals surface area contributed by atoms with Crippen LogP contribution in [-0.2, 0) is 0 Å². The second-order valence-electron chi connectivity index (χ2n) is 6.58. The molecular weight excluding hydrogens is 392 g/mol. The standard InChI is InChI=1S/C20H20N4O2S2/c1-25-14-7-8-15(26-2)18-17(14)22-20(28-18)24-11-9-23(10-12-24)19-21-13-5-3-4-6-16(13)27-19/h3-8H,9-12H2,1-2H3. The molecule has 0 aliphatic carbocycles. The topological polar surface area (TPSA) is 50.7 Å². The van der Waals surface area contributed by atoms with Gasteiger partial charge in [-0.3, -0.25) is 0 Å². The van der Waals surface area contributed by atoms with Gasteiger partial charge in [-0.1, -0.05) is 34.8 Å². The van der Waals surface area contributed by atoms with Gasteiger partial charge in [0.15, 0.2) is 10.3 Å². The minimum atomic E-state index is 0.784. The average Bonchev–Trinajstić information content (AvgIpc) is 3.38. The first-order valence-corrected chi connectivity index (χ1v) is 10.8. The number of hydrogen-bond donors (Lipinski definition) is 0. The third-order valence-electron chi connectivity index (χ3n) is 5.00. The zero-order valence-electron chi connectivity index (χ0n) is 15.7. The SMILES string of the molecule is COc1ccc(OC)c2sc(N3CCN(c4nc5ccccc5s4)CC3)nc12. The molecule has 0 N–H and O–H groups in total. The van der Waals surface area contributed by atoms with E-state index in [-0.39, 0.29) is 0 Å². The molecule has 4 aromatic rings. The fourth-order valence-electron chi connectivity index (χ4n) is 3.49. The maximum atomic E-state index is 5.51. The smallest absolute Gasteiger partial charge is 0.186 e. The number of fused-ring (bicyclic) bond motifs is 2. The molecule has 2 aromatic carbocycles. The van der Waals surface area contributed by atoms with Crippen LogP contribution in [0.1, 0.15) is 0 Å². The highest BCUT2D eigenvalue weighted by Crippen LogP contribution is 2.40. The molecule has 0 atom stereocenters. The second kappa shape index (κ2) is 7.10. The average molecular weight is 413 g/mol. The summed E-state index contributed by atoms with van der Waals surface area (Å²) in [5.74, 6) is 1.62. The van der Waals surface area contributed by atoms with Gasteiger partial charge < -0.3 is 19.3 Å². The molecule has 0 saturated carbocycles. The lowest BCUT2D eigenvalue weighted by molar-refractivity contribution is 0.410. The van der Waals surface area contributed by atoms with Gasteiger partial charge in [0.05, 0.1) is 24.4 Å². The van der Waals surface area contributed by atoms with Crippen molar-refractivity contribution in [3.63, 3.8) is 0 Å². The van der Waals surface area contributed by atoms with Gasteiger partial charge in [0.25, 0.3) is 0 Å². The number of hydrogen-bond acceptors (Lipinski definition) is 8. The number of aromatic nitrogens is 2. The molecule has 0 radical (unpaired) electrons. The lowest BCUT2D eigenvalue weighted by atomic mass is 10.3. The molecule has 2 aromatic heterocycles. The molecule has 5 rings (SSSR count). The van der Waals surface area contributed by atoms with Crippen molar-refractivity contribution < 1.29 is 9.47 Å². The number of rotatable bonds is 4. The Labute approximate surface area is 171 Å². The fourth-order valence-corrected chi connectivity index (χ4v) is 5.64. The Bertz CT molecular complexity index is 1060. The predicted octanol–water partition coefficient (Wildman–Crippen LogP) is 4.25. The van der Waals surface area contributed by atoms with Crippen LogP contribution in [0.25, 0.3) is 20.4 Å². The Balaban J connectivity index is 1.38. The Morgan fingerprint density at radius 3 is 2.11 bits per heavy atom. The minimum absolute atomic E-state index is 0.784. The number of nitrogens with zero attached hydrogens (tertiary/aromatic N) is 4. The van der Waals surface area contributed by atoms with Crippen LogP contribution < -0.4 is 19.3 Å². The second-order valence-corrected chi connectivity index (χ2v) is 8.57. The van der Waals surface area contributed by atoms with Crippen LogP contribution in [0.2, 0.25) is 0 Å². The molecule has 1 aliphatic heterocycles. The molecule has 3 heterocycles. The molecule has 28 heavy (non-hydrogen) atoms. The molecule has 0 amide bonds. The van der Waals surface area contributed by atoms with Gasteiger partial charge >= 0.3 is 0 Å². The fraction of sp³-hybridized carbons (Fsp3) is 0.300. The summed E-state index contributed by atoms with van der Waals surface area (Å²) in [5.41, 5.74) is 1.95. The lowest BCUT2D eigenvalue weighted by Gasteiger charge is -2.34. The van der Waals surface area contributed by atoms with Gasteiger partial charge in [0.2, 0.25) is 0 Å². The van der Waals surface area contributed by atoms with E-state index in [1.165, 1.54) is 4.70 Å². The van der Waals surface area contributed by atoms with Crippen molar-refractivity contribution in [3.05, 3.63) is 36.4 Å². The van der Waals surface area contributed by atoms with Gasteiger partial charge in [-0.05, 0) is 24.3 Å². The number of thiazole rings is 2. The maximum Gasteiger partial charge on any atom is 0.186 e. The first-order chi connectivity index (χ1) is 13.8. The third-order valence-corrected chi connectivity index (χ3v) is 7.23. The van der Waals surface area contributed by atoms with E-state index in [4.69, 9.17) is 19.4 Å². The van der Waals surface area contributed by atoms with Crippen LogP contribution in [0.15, 0.2) is 36.4 Å². The summed E-state index contributed by atoms with van der Waals surface area (Å²) >= 11 is 3.43. The molecule has 8 heteroatoms. The molecule has 1 saturated heterocycles. The zero-order valence-corrected chi connectivity index (χ0v) is 17.3. The van der Waals surface area contributed by atoms with Crippen molar-refractivity contribution in [3.8, 4) is 11.5 Å². The first-order valence-electron chi connectivity index (χ1n) is 9.14. The van der Waals surface area contributed by atoms with Crippen molar-refractivity contribution >= 4 is 53.4 Å². The van der Waals surface area contributed by atoms with Crippen LogP contribution in [0.5, 0.6) is 11.5 Å². The van der Waals surface area contributed by atoms with Crippen LogP contribution in [0.4, 0.5) is 10.3 Å². The number of para-hydroxylation sites is 1. The Hall–Kier alpha value is -2.58. The zero-order chi connectivity index (χ0) is 19.1. The monoisotopic (exact) mass is 412 g/mol. The van der Waals surface area contributed by atoms with E-state index in [2.05, 4.69) is 28.0 Å². The molecule has 0 bridgehead atoms. The van der Waals surface area contributed by atoms with Crippen molar-refractivity contribution in [2.75, 3.05) is 50.2 Å². The van der Waals surface area contributed by atoms with Crippen molar-refractivity contribution in [1.82, 2.24) is 9.97 Å². The number of piperazine rings is 1. The van der Waals surface area contributed by atoms with E-state index >= 15 is 0 Å². The summed E-state index contributed by atoms with van der Waals surface area (Å²) < 4.78 is 13.3. The summed E-state index contributed by atoms with van der Waals surface area (Å²) in [7, 11) is 3.37. The van der Waals surface area contributed by atoms with Gasteiger partial charge in [0.1, 0.15) is 21.7 Å². The van der Waals surface area contributed by atoms with Crippen LogP contribution in [0, 0.1) is 0 Å². The first kappa shape index (κ1) is 17.5. The Morgan fingerprint density at radius 1 is 0.786 bits per heavy atom. The number of benzene rings is 2. The highest BCUT2D eigenvalue weighted by atomic mass is 32.1. The Kier molecular flexibility index (Phi) is 4.44. The van der Waals surface area contributed by atoms with Gasteiger partial charge in [-0.15, -0.1) is 0 Å². The van der Waals surface area contributed by atoms with Gasteiger partial charge in [-0.2, -0.15) is 0 Å². The normalized spacial score (nSPS) is 14.8. The van der Waals surface area contributed by atoms with Crippen LogP contribution >= 0.6 is 22.7 Å². The van der Waals surface area contributed by atoms with Crippen molar-refractivity contribution in [1.29, 1.82) is 0 Å². The number of ether oxygens (including phenoxy) is 2. The molecular formula is C20H20N4O2S2. The van der Waals surface area contributed by atoms with Crippen LogP contribution in [-0.4, -0.2) is 50.4 Å². The highest BCUT2D eigenvalue weighted by molar-refractivity contribution is 7.22. The maximum absolute atomic E-state index is 5.51. The van der Waals surface area contributed by atoms with E-state index in [0.717, 1.165) is 63.7 Å². The summed E-state index contributed by atoms with van der Waals surface area (Å²) in [6.07, 6.45) is 0. The summed E-state index contributed by atoms with van der Waals surface area (Å²) in [6.45, 7) is 3.70. The molecule has 1 aliphatic rings. The minimum Gasteiger partial charge on any atom is -0.495 e. The van der Waals surface area contributed by atoms with E-state index in [1.54, 1.807) is 36.9 Å². The molecule has 1 fully saturated rings. The lowest BCUT2D eigenvalue weighted by Crippen LogP contribution is -2.46. The van der Waals surface area contributed by atoms with Gasteiger partial charge in [-0.25, -0.2) is 9.97 Å². The van der Waals surface area contributed by atoms with Crippen LogP contribution in [0.3, 0.4) is 0 Å². The van der Waals surface area contributed by atoms with E-state index < -0.39 is 0 Å². The number of methoxy groups -OCH3 is 2. The van der Waals surface area contributed by atoms with E-state index in [9.17, 15) is 0 Å². The van der Waals surface area contributed by atoms with Crippen molar-refractivity contribution in [2.24, 2.45) is 0 Å². The molecule has 0 unspecified atom stereocenters. The number of anilines is 2. The van der Waals surface area contributed by atoms with Crippen molar-refractivity contribution in [2.45, 2.75) is 0 Å². The molecule has 144 valence electrons. The summed E-state index contributed by atoms with van der Waals surface area (Å²) in [6, 6.07) is 12.2. The third kappa shape index (κ3) is 2.93. The molecule has 0 spiro atoms. The Morgan fingerprint density at radius 2 is 1.43 bits per heavy atom. The van der Waals surface area contributed by atoms with E-state index in [0.29, 0.717) is 0 Å². The van der Waals surface area contributed by atoms with E-state index in [1.807, 2.05) is 18.2 Å². The quantitative estimate of drug-likeness (QED) is 0.499. The largest absolute Gasteiger partial charge is 0.495 e. The molecule has 6 nitrogen and oxygen atoms in total.